The number of amides is 3. The number of nitrogens with two attached hydrogens (primary N) is 1. The average Bonchev–Trinajstić information content (AvgIpc) is 2.63. The van der Waals surface area contributed by atoms with Crippen LogP contribution in [-0.4, -0.2) is 61.9 Å². The quantitative estimate of drug-likeness (QED) is 0.296. The molecule has 0 unspecified atom stereocenters. The van der Waals surface area contributed by atoms with Gasteiger partial charge in [-0.1, -0.05) is 26.0 Å². The Balaban J connectivity index is 2.92. The highest BCUT2D eigenvalue weighted by atomic mass is 32.2. The summed E-state index contributed by atoms with van der Waals surface area (Å²) in [5.74, 6) is -1.41. The van der Waals surface area contributed by atoms with Crippen LogP contribution in [0.25, 0.3) is 0 Å². The molecule has 0 aliphatic carbocycles. The van der Waals surface area contributed by atoms with E-state index in [2.05, 4.69) is 5.32 Å². The predicted octanol–water partition coefficient (Wildman–Crippen LogP) is 0.160. The zero-order chi connectivity index (χ0) is 23.8. The lowest BCUT2D eigenvalue weighted by Gasteiger charge is -2.24. The summed E-state index contributed by atoms with van der Waals surface area (Å²) in [6.45, 7) is 3.95. The van der Waals surface area contributed by atoms with Crippen LogP contribution in [0.1, 0.15) is 38.4 Å². The highest BCUT2D eigenvalue weighted by Gasteiger charge is 2.24. The molecular formula is C19H30N4O7S. The maximum Gasteiger partial charge on any atom is 0.405 e. The molecule has 2 atom stereocenters. The highest BCUT2D eigenvalue weighted by molar-refractivity contribution is 7.92. The molecule has 1 rings (SSSR count). The van der Waals surface area contributed by atoms with Crippen LogP contribution in [-0.2, 0) is 19.6 Å². The Hall–Kier alpha value is -2.86. The zero-order valence-corrected chi connectivity index (χ0v) is 18.6. The lowest BCUT2D eigenvalue weighted by Crippen LogP contribution is -2.48. The summed E-state index contributed by atoms with van der Waals surface area (Å²) < 4.78 is 25.7. The van der Waals surface area contributed by atoms with Crippen molar-refractivity contribution < 1.29 is 33.0 Å². The lowest BCUT2D eigenvalue weighted by atomic mass is 10.1. The molecule has 0 bridgehead atoms. The highest BCUT2D eigenvalue weighted by Crippen LogP contribution is 2.23. The second-order valence-electron chi connectivity index (χ2n) is 7.55. The van der Waals surface area contributed by atoms with Gasteiger partial charge in [0, 0.05) is 13.1 Å². The first-order valence-electron chi connectivity index (χ1n) is 9.62. The first-order chi connectivity index (χ1) is 14.3. The Labute approximate surface area is 181 Å². The molecule has 0 aliphatic heterocycles. The number of aliphatic hydroxyl groups excluding tert-OH is 1. The molecule has 174 valence electrons. The van der Waals surface area contributed by atoms with Crippen LogP contribution in [0.4, 0.5) is 10.5 Å². The monoisotopic (exact) mass is 458 g/mol. The third kappa shape index (κ3) is 9.22. The summed E-state index contributed by atoms with van der Waals surface area (Å²) >= 11 is 0. The Morgan fingerprint density at radius 1 is 1.23 bits per heavy atom. The van der Waals surface area contributed by atoms with Crippen molar-refractivity contribution in [1.82, 2.24) is 10.6 Å². The lowest BCUT2D eigenvalue weighted by molar-refractivity contribution is -0.127. The van der Waals surface area contributed by atoms with Crippen molar-refractivity contribution in [3.8, 4) is 0 Å². The minimum Gasteiger partial charge on any atom is -0.465 e. The molecule has 0 saturated carbocycles. The Morgan fingerprint density at radius 3 is 2.39 bits per heavy atom. The van der Waals surface area contributed by atoms with Crippen LogP contribution in [0.15, 0.2) is 24.3 Å². The number of hydrogen-bond donors (Lipinski definition) is 5. The van der Waals surface area contributed by atoms with Crippen molar-refractivity contribution in [3.05, 3.63) is 29.8 Å². The number of sulfonamides is 1. The molecule has 1 aromatic rings. The van der Waals surface area contributed by atoms with Gasteiger partial charge in [-0.25, -0.2) is 13.2 Å². The summed E-state index contributed by atoms with van der Waals surface area (Å²) in [6, 6.07) is 4.88. The Morgan fingerprint density at radius 2 is 1.87 bits per heavy atom. The van der Waals surface area contributed by atoms with Crippen LogP contribution in [0.3, 0.4) is 0 Å². The summed E-state index contributed by atoms with van der Waals surface area (Å²) in [4.78, 5) is 34.0. The normalized spacial score (nSPS) is 13.3. The number of anilines is 1. The van der Waals surface area contributed by atoms with E-state index in [4.69, 9.17) is 10.8 Å². The molecule has 0 radical (unpaired) electrons. The number of carbonyl (C=O) groups is 3. The standard InChI is InChI=1S/C19H30N4O7S/c1-12(2)7-8-23(31(3,29)30)14-6-4-5-13(9-14)16(24)11-21-18(26)15(10-17(20)25)22-19(27)28/h4-6,9,12,15-16,22,24H,7-8,10-11H2,1-3H3,(H2,20,25)(H,21,26)(H,27,28)/t15-,16-/m0/s1. The molecule has 0 aromatic heterocycles. The molecule has 0 heterocycles. The number of benzene rings is 1. The first kappa shape index (κ1) is 26.2. The van der Waals surface area contributed by atoms with Gasteiger partial charge < -0.3 is 26.6 Å². The van der Waals surface area contributed by atoms with Gasteiger partial charge >= 0.3 is 6.09 Å². The van der Waals surface area contributed by atoms with E-state index in [1.54, 1.807) is 18.2 Å². The van der Waals surface area contributed by atoms with Gasteiger partial charge in [-0.05, 0) is 30.0 Å². The minimum absolute atomic E-state index is 0.280. The van der Waals surface area contributed by atoms with E-state index < -0.39 is 46.5 Å². The van der Waals surface area contributed by atoms with Crippen molar-refractivity contribution in [1.29, 1.82) is 0 Å². The van der Waals surface area contributed by atoms with Crippen LogP contribution in [0, 0.1) is 5.92 Å². The van der Waals surface area contributed by atoms with E-state index in [0.717, 1.165) is 6.26 Å². The largest absolute Gasteiger partial charge is 0.465 e. The topological polar surface area (TPSA) is 179 Å². The molecule has 0 fully saturated rings. The second kappa shape index (κ2) is 11.5. The van der Waals surface area contributed by atoms with Gasteiger partial charge in [0.15, 0.2) is 0 Å². The molecule has 0 saturated heterocycles. The third-order valence-corrected chi connectivity index (χ3v) is 5.54. The van der Waals surface area contributed by atoms with Gasteiger partial charge in [0.25, 0.3) is 0 Å². The predicted molar refractivity (Wildman–Crippen MR) is 115 cm³/mol. The van der Waals surface area contributed by atoms with E-state index in [-0.39, 0.29) is 13.1 Å². The van der Waals surface area contributed by atoms with Gasteiger partial charge in [0.1, 0.15) is 6.04 Å². The molecule has 1 aromatic carbocycles. The molecule has 0 spiro atoms. The van der Waals surface area contributed by atoms with Crippen LogP contribution >= 0.6 is 0 Å². The second-order valence-corrected chi connectivity index (χ2v) is 9.45. The van der Waals surface area contributed by atoms with Crippen LogP contribution in [0.5, 0.6) is 0 Å². The van der Waals surface area contributed by atoms with Gasteiger partial charge in [0.05, 0.1) is 24.5 Å². The number of hydrogen-bond acceptors (Lipinski definition) is 6. The fraction of sp³-hybridized carbons (Fsp3) is 0.526. The van der Waals surface area contributed by atoms with Crippen molar-refractivity contribution in [2.24, 2.45) is 11.7 Å². The summed E-state index contributed by atoms with van der Waals surface area (Å²) in [5, 5.41) is 23.5. The molecular weight excluding hydrogens is 428 g/mol. The molecule has 0 aliphatic rings. The van der Waals surface area contributed by atoms with Gasteiger partial charge in [-0.15, -0.1) is 0 Å². The van der Waals surface area contributed by atoms with Crippen LogP contribution < -0.4 is 20.7 Å². The number of primary amides is 1. The van der Waals surface area contributed by atoms with E-state index in [1.807, 2.05) is 19.2 Å². The minimum atomic E-state index is -3.54. The fourth-order valence-corrected chi connectivity index (χ4v) is 3.68. The number of carboxylic acid groups (broad SMARTS) is 1. The van der Waals surface area contributed by atoms with Gasteiger partial charge in [-0.3, -0.25) is 13.9 Å². The smallest absolute Gasteiger partial charge is 0.405 e. The number of nitrogens with one attached hydrogen (secondary N) is 2. The van der Waals surface area contributed by atoms with E-state index in [1.165, 1.54) is 10.4 Å². The van der Waals surface area contributed by atoms with Gasteiger partial charge in [-0.2, -0.15) is 0 Å². The Bertz CT molecular complexity index is 873. The SMILES string of the molecule is CC(C)CCN(c1cccc([C@@H](O)CNC(=O)[C@H](CC(N)=O)NC(=O)O)c1)S(C)(=O)=O. The van der Waals surface area contributed by atoms with Gasteiger partial charge in [0.2, 0.25) is 21.8 Å². The number of carbonyl (C=O) groups excluding carboxylic acids is 2. The van der Waals surface area contributed by atoms with Crippen molar-refractivity contribution in [2.45, 2.75) is 38.8 Å². The number of nitrogens with zero attached hydrogens (tertiary/aromatic N) is 1. The first-order valence-corrected chi connectivity index (χ1v) is 11.5. The molecule has 3 amide bonds. The van der Waals surface area contributed by atoms with E-state index >= 15 is 0 Å². The molecule has 12 heteroatoms. The number of aliphatic hydroxyl groups is 1. The third-order valence-electron chi connectivity index (χ3n) is 4.34. The molecule has 31 heavy (non-hydrogen) atoms. The van der Waals surface area contributed by atoms with Crippen molar-refractivity contribution >= 4 is 33.6 Å². The fourth-order valence-electron chi connectivity index (χ4n) is 2.75. The van der Waals surface area contributed by atoms with Crippen molar-refractivity contribution in [2.75, 3.05) is 23.7 Å². The molecule has 6 N–H and O–H groups in total. The zero-order valence-electron chi connectivity index (χ0n) is 17.7. The van der Waals surface area contributed by atoms with E-state index in [0.29, 0.717) is 23.6 Å². The maximum absolute atomic E-state index is 12.2. The number of rotatable bonds is 12. The summed E-state index contributed by atoms with van der Waals surface area (Å²) in [6.07, 6.45) is -1.49. The maximum atomic E-state index is 12.2. The van der Waals surface area contributed by atoms with E-state index in [9.17, 15) is 27.9 Å². The van der Waals surface area contributed by atoms with Crippen molar-refractivity contribution in [3.63, 3.8) is 0 Å². The summed E-state index contributed by atoms with van der Waals surface area (Å²) in [7, 11) is -3.54. The van der Waals surface area contributed by atoms with Crippen LogP contribution in [0.2, 0.25) is 0 Å². The Kier molecular flexibility index (Phi) is 9.72. The molecule has 11 nitrogen and oxygen atoms in total. The summed E-state index contributed by atoms with van der Waals surface area (Å²) in [5.41, 5.74) is 5.76. The average molecular weight is 459 g/mol.